The highest BCUT2D eigenvalue weighted by Crippen LogP contribution is 2.16. The molecule has 0 bridgehead atoms. The second kappa shape index (κ2) is 8.85. The highest BCUT2D eigenvalue weighted by atomic mass is 16.2. The van der Waals surface area contributed by atoms with Crippen molar-refractivity contribution in [1.29, 1.82) is 0 Å². The molecule has 2 fully saturated rings. The lowest BCUT2D eigenvalue weighted by Gasteiger charge is -2.32. The SMILES string of the molecule is Cc1ccc(C(=O)N2CCC(NC(=O)CN3CCC(N(C)C)C3)CC2)cc1. The smallest absolute Gasteiger partial charge is 0.253 e. The Hall–Kier alpha value is -1.92. The zero-order valence-corrected chi connectivity index (χ0v) is 16.8. The van der Waals surface area contributed by atoms with E-state index in [9.17, 15) is 9.59 Å². The standard InChI is InChI=1S/C21H32N4O2/c1-16-4-6-17(7-5-16)21(27)25-12-8-18(9-13-25)22-20(26)15-24-11-10-19(14-24)23(2)3/h4-7,18-19H,8-15H2,1-3H3,(H,22,26). The summed E-state index contributed by atoms with van der Waals surface area (Å²) in [5, 5.41) is 3.16. The quantitative estimate of drug-likeness (QED) is 0.848. The van der Waals surface area contributed by atoms with Crippen molar-refractivity contribution in [2.24, 2.45) is 0 Å². The van der Waals surface area contributed by atoms with Gasteiger partial charge in [-0.3, -0.25) is 14.5 Å². The van der Waals surface area contributed by atoms with Crippen molar-refractivity contribution in [3.63, 3.8) is 0 Å². The molecule has 2 heterocycles. The zero-order chi connectivity index (χ0) is 19.4. The molecule has 6 heteroatoms. The van der Waals surface area contributed by atoms with Crippen LogP contribution in [0.25, 0.3) is 0 Å². The van der Waals surface area contributed by atoms with E-state index in [-0.39, 0.29) is 17.9 Å². The van der Waals surface area contributed by atoms with Crippen molar-refractivity contribution in [2.45, 2.75) is 38.3 Å². The Morgan fingerprint density at radius 1 is 1.07 bits per heavy atom. The minimum absolute atomic E-state index is 0.0894. The molecule has 3 rings (SSSR count). The largest absolute Gasteiger partial charge is 0.352 e. The molecule has 0 saturated carbocycles. The number of hydrogen-bond acceptors (Lipinski definition) is 4. The summed E-state index contributed by atoms with van der Waals surface area (Å²) in [4.78, 5) is 31.3. The molecule has 1 atom stereocenters. The number of likely N-dealkylation sites (N-methyl/N-ethyl adjacent to an activating group) is 1. The van der Waals surface area contributed by atoms with Crippen molar-refractivity contribution in [1.82, 2.24) is 20.0 Å². The maximum atomic E-state index is 12.6. The first-order valence-corrected chi connectivity index (χ1v) is 9.96. The van der Waals surface area contributed by atoms with Gasteiger partial charge in [-0.2, -0.15) is 0 Å². The normalized spacial score (nSPS) is 21.6. The van der Waals surface area contributed by atoms with Gasteiger partial charge in [0, 0.05) is 43.8 Å². The van der Waals surface area contributed by atoms with Crippen molar-refractivity contribution in [2.75, 3.05) is 46.8 Å². The first kappa shape index (κ1) is 19.8. The molecular weight excluding hydrogens is 340 g/mol. The van der Waals surface area contributed by atoms with Crippen molar-refractivity contribution >= 4 is 11.8 Å². The first-order valence-electron chi connectivity index (χ1n) is 9.96. The van der Waals surface area contributed by atoms with Gasteiger partial charge in [0.05, 0.1) is 6.54 Å². The summed E-state index contributed by atoms with van der Waals surface area (Å²) in [5.74, 6) is 0.198. The molecule has 1 aromatic carbocycles. The van der Waals surface area contributed by atoms with Crippen molar-refractivity contribution in [3.8, 4) is 0 Å². The van der Waals surface area contributed by atoms with Gasteiger partial charge in [-0.05, 0) is 52.4 Å². The first-order chi connectivity index (χ1) is 12.9. The molecule has 0 spiro atoms. The number of carbonyl (C=O) groups excluding carboxylic acids is 2. The molecule has 148 valence electrons. The second-order valence-corrected chi connectivity index (χ2v) is 8.14. The monoisotopic (exact) mass is 372 g/mol. The molecule has 2 amide bonds. The average Bonchev–Trinajstić information content (AvgIpc) is 3.11. The number of aryl methyl sites for hydroxylation is 1. The van der Waals surface area contributed by atoms with Crippen molar-refractivity contribution < 1.29 is 9.59 Å². The second-order valence-electron chi connectivity index (χ2n) is 8.14. The van der Waals surface area contributed by atoms with Gasteiger partial charge in [0.25, 0.3) is 5.91 Å². The van der Waals surface area contributed by atoms with Gasteiger partial charge < -0.3 is 15.1 Å². The molecule has 6 nitrogen and oxygen atoms in total. The lowest BCUT2D eigenvalue weighted by atomic mass is 10.0. The van der Waals surface area contributed by atoms with Gasteiger partial charge in [-0.25, -0.2) is 0 Å². The average molecular weight is 373 g/mol. The molecular formula is C21H32N4O2. The van der Waals surface area contributed by atoms with Crippen LogP contribution in [-0.4, -0.2) is 85.4 Å². The van der Waals surface area contributed by atoms with E-state index in [0.717, 1.165) is 43.5 Å². The lowest BCUT2D eigenvalue weighted by Crippen LogP contribution is -2.48. The number of amides is 2. The maximum Gasteiger partial charge on any atom is 0.253 e. The van der Waals surface area contributed by atoms with E-state index in [2.05, 4.69) is 29.2 Å². The maximum absolute atomic E-state index is 12.6. The van der Waals surface area contributed by atoms with Gasteiger partial charge >= 0.3 is 0 Å². The third kappa shape index (κ3) is 5.30. The van der Waals surface area contributed by atoms with Crippen molar-refractivity contribution in [3.05, 3.63) is 35.4 Å². The fourth-order valence-corrected chi connectivity index (χ4v) is 3.96. The van der Waals surface area contributed by atoms with E-state index < -0.39 is 0 Å². The topological polar surface area (TPSA) is 55.9 Å². The van der Waals surface area contributed by atoms with E-state index >= 15 is 0 Å². The number of nitrogens with one attached hydrogen (secondary N) is 1. The molecule has 1 unspecified atom stereocenters. The third-order valence-corrected chi connectivity index (χ3v) is 5.79. The molecule has 2 aliphatic rings. The van der Waals surface area contributed by atoms with Gasteiger partial charge in [-0.1, -0.05) is 17.7 Å². The van der Waals surface area contributed by atoms with Crippen LogP contribution in [0.5, 0.6) is 0 Å². The Bertz CT molecular complexity index is 651. The summed E-state index contributed by atoms with van der Waals surface area (Å²) in [6, 6.07) is 8.45. The lowest BCUT2D eigenvalue weighted by molar-refractivity contribution is -0.123. The highest BCUT2D eigenvalue weighted by molar-refractivity contribution is 5.94. The van der Waals surface area contributed by atoms with Crippen LogP contribution in [0.15, 0.2) is 24.3 Å². The van der Waals surface area contributed by atoms with Gasteiger partial charge in [0.2, 0.25) is 5.91 Å². The highest BCUT2D eigenvalue weighted by Gasteiger charge is 2.27. The van der Waals surface area contributed by atoms with E-state index in [4.69, 9.17) is 0 Å². The summed E-state index contributed by atoms with van der Waals surface area (Å²) in [7, 11) is 4.19. The van der Waals surface area contributed by atoms with Crippen LogP contribution in [0.3, 0.4) is 0 Å². The summed E-state index contributed by atoms with van der Waals surface area (Å²) >= 11 is 0. The summed E-state index contributed by atoms with van der Waals surface area (Å²) in [6.07, 6.45) is 2.77. The Balaban J connectivity index is 1.41. The fourth-order valence-electron chi connectivity index (χ4n) is 3.96. The molecule has 27 heavy (non-hydrogen) atoms. The number of hydrogen-bond donors (Lipinski definition) is 1. The zero-order valence-electron chi connectivity index (χ0n) is 16.8. The van der Waals surface area contributed by atoms with Gasteiger partial charge in [-0.15, -0.1) is 0 Å². The number of likely N-dealkylation sites (tertiary alicyclic amines) is 2. The number of benzene rings is 1. The number of nitrogens with zero attached hydrogens (tertiary/aromatic N) is 3. The predicted molar refractivity (Wildman–Crippen MR) is 107 cm³/mol. The minimum Gasteiger partial charge on any atom is -0.352 e. The number of rotatable bonds is 5. The van der Waals surface area contributed by atoms with Crippen LogP contribution < -0.4 is 5.32 Å². The number of piperidine rings is 1. The van der Waals surface area contributed by atoms with E-state index in [1.54, 1.807) is 0 Å². The third-order valence-electron chi connectivity index (χ3n) is 5.79. The molecule has 1 N–H and O–H groups in total. The predicted octanol–water partition coefficient (Wildman–Crippen LogP) is 1.35. The van der Waals surface area contributed by atoms with E-state index in [1.165, 1.54) is 0 Å². The van der Waals surface area contributed by atoms with Crippen LogP contribution in [0.4, 0.5) is 0 Å². The summed E-state index contributed by atoms with van der Waals surface area (Å²) in [5.41, 5.74) is 1.90. The number of carbonyl (C=O) groups is 2. The fraction of sp³-hybridized carbons (Fsp3) is 0.619. The molecule has 0 aromatic heterocycles. The Morgan fingerprint density at radius 3 is 2.33 bits per heavy atom. The molecule has 2 aliphatic heterocycles. The van der Waals surface area contributed by atoms with Crippen LogP contribution in [0, 0.1) is 6.92 Å². The van der Waals surface area contributed by atoms with Crippen LogP contribution in [0.1, 0.15) is 35.2 Å². The van der Waals surface area contributed by atoms with Crippen LogP contribution in [0.2, 0.25) is 0 Å². The summed E-state index contributed by atoms with van der Waals surface area (Å²) in [6.45, 7) is 5.84. The molecule has 0 radical (unpaired) electrons. The van der Waals surface area contributed by atoms with Gasteiger partial charge in [0.15, 0.2) is 0 Å². The van der Waals surface area contributed by atoms with Gasteiger partial charge in [0.1, 0.15) is 0 Å². The Labute approximate surface area is 162 Å². The van der Waals surface area contributed by atoms with E-state index in [1.807, 2.05) is 36.1 Å². The minimum atomic E-state index is 0.0894. The summed E-state index contributed by atoms with van der Waals surface area (Å²) < 4.78 is 0. The molecule has 1 aromatic rings. The molecule has 2 saturated heterocycles. The van der Waals surface area contributed by atoms with Crippen LogP contribution in [-0.2, 0) is 4.79 Å². The van der Waals surface area contributed by atoms with E-state index in [0.29, 0.717) is 25.7 Å². The Morgan fingerprint density at radius 2 is 1.74 bits per heavy atom. The Kier molecular flexibility index (Phi) is 6.50. The molecule has 0 aliphatic carbocycles. The van der Waals surface area contributed by atoms with Crippen LogP contribution >= 0.6 is 0 Å².